The summed E-state index contributed by atoms with van der Waals surface area (Å²) in [4.78, 5) is 0. The number of unbranched alkanes of at least 4 members (excludes halogenated alkanes) is 3. The SMILES string of the molecule is CCCCc1ccc(OP(Oc2ccc(CCCC)cc2OC)Oc2ccc(CCCC)cc2OC)c(OC)c1. The summed E-state index contributed by atoms with van der Waals surface area (Å²) >= 11 is 0. The van der Waals surface area contributed by atoms with E-state index in [4.69, 9.17) is 27.8 Å². The van der Waals surface area contributed by atoms with Crippen molar-refractivity contribution in [2.24, 2.45) is 0 Å². The molecule has 0 fully saturated rings. The van der Waals surface area contributed by atoms with Gasteiger partial charge in [-0.1, -0.05) is 58.2 Å². The highest BCUT2D eigenvalue weighted by Crippen LogP contribution is 2.49. The van der Waals surface area contributed by atoms with Gasteiger partial charge >= 0.3 is 8.60 Å². The number of benzene rings is 3. The molecule has 0 N–H and O–H groups in total. The van der Waals surface area contributed by atoms with Gasteiger partial charge in [-0.2, -0.15) is 0 Å². The van der Waals surface area contributed by atoms with E-state index in [9.17, 15) is 0 Å². The maximum atomic E-state index is 6.38. The van der Waals surface area contributed by atoms with Gasteiger partial charge in [-0.05, 0) is 91.6 Å². The highest BCUT2D eigenvalue weighted by molar-refractivity contribution is 7.43. The van der Waals surface area contributed by atoms with E-state index in [1.165, 1.54) is 16.7 Å². The molecular weight excluding hydrogens is 523 g/mol. The van der Waals surface area contributed by atoms with Crippen LogP contribution in [0.25, 0.3) is 0 Å². The Morgan fingerprint density at radius 2 is 0.750 bits per heavy atom. The van der Waals surface area contributed by atoms with Crippen LogP contribution < -0.4 is 27.8 Å². The second kappa shape index (κ2) is 16.9. The molecule has 0 spiro atoms. The predicted octanol–water partition coefficient (Wildman–Crippen LogP) is 9.50. The first kappa shape index (κ1) is 31.4. The smallest absolute Gasteiger partial charge is 0.493 e. The van der Waals surface area contributed by atoms with Gasteiger partial charge in [-0.15, -0.1) is 0 Å². The maximum absolute atomic E-state index is 6.38. The van der Waals surface area contributed by atoms with Crippen molar-refractivity contribution in [3.63, 3.8) is 0 Å². The van der Waals surface area contributed by atoms with Gasteiger partial charge in [-0.3, -0.25) is 0 Å². The summed E-state index contributed by atoms with van der Waals surface area (Å²) in [6, 6.07) is 18.0. The van der Waals surface area contributed by atoms with E-state index in [0.29, 0.717) is 34.5 Å². The maximum Gasteiger partial charge on any atom is 0.530 e. The number of rotatable bonds is 18. The average molecular weight is 569 g/mol. The molecule has 3 rings (SSSR count). The van der Waals surface area contributed by atoms with Crippen molar-refractivity contribution in [2.45, 2.75) is 78.6 Å². The van der Waals surface area contributed by atoms with E-state index in [0.717, 1.165) is 57.8 Å². The van der Waals surface area contributed by atoms with Gasteiger partial charge in [0.15, 0.2) is 34.5 Å². The molecule has 218 valence electrons. The Balaban J connectivity index is 1.93. The van der Waals surface area contributed by atoms with Crippen LogP contribution in [0.4, 0.5) is 0 Å². The Kier molecular flexibility index (Phi) is 13.3. The molecule has 6 nitrogen and oxygen atoms in total. The van der Waals surface area contributed by atoms with Crippen molar-refractivity contribution < 1.29 is 27.8 Å². The molecule has 40 heavy (non-hydrogen) atoms. The Hall–Kier alpha value is -3.11. The minimum absolute atomic E-state index is 0.547. The molecule has 3 aromatic rings. The zero-order chi connectivity index (χ0) is 28.7. The molecule has 0 saturated carbocycles. The normalized spacial score (nSPS) is 10.9. The van der Waals surface area contributed by atoms with Gasteiger partial charge in [0.2, 0.25) is 0 Å². The van der Waals surface area contributed by atoms with Crippen molar-refractivity contribution in [1.29, 1.82) is 0 Å². The molecule has 0 amide bonds. The summed E-state index contributed by atoms with van der Waals surface area (Å²) < 4.78 is 36.2. The Morgan fingerprint density at radius 3 is 1.00 bits per heavy atom. The van der Waals surface area contributed by atoms with Gasteiger partial charge in [0.25, 0.3) is 0 Å². The second-order valence-corrected chi connectivity index (χ2v) is 10.8. The minimum atomic E-state index is -1.96. The zero-order valence-corrected chi connectivity index (χ0v) is 25.9. The third-order valence-electron chi connectivity index (χ3n) is 6.66. The third kappa shape index (κ3) is 9.23. The number of ether oxygens (including phenoxy) is 3. The fourth-order valence-corrected chi connectivity index (χ4v) is 5.31. The fraction of sp³-hybridized carbons (Fsp3) is 0.455. The van der Waals surface area contributed by atoms with Crippen molar-refractivity contribution in [3.05, 3.63) is 71.3 Å². The molecule has 7 heteroatoms. The van der Waals surface area contributed by atoms with Crippen LogP contribution in [0.5, 0.6) is 34.5 Å². The Labute approximate surface area is 241 Å². The van der Waals surface area contributed by atoms with Crippen LogP contribution in [-0.4, -0.2) is 21.3 Å². The van der Waals surface area contributed by atoms with Crippen LogP contribution in [0.3, 0.4) is 0 Å². The molecule has 0 aliphatic rings. The fourth-order valence-electron chi connectivity index (χ4n) is 4.27. The number of hydrogen-bond acceptors (Lipinski definition) is 6. The van der Waals surface area contributed by atoms with Crippen LogP contribution in [0.1, 0.15) is 76.0 Å². The summed E-state index contributed by atoms with van der Waals surface area (Å²) in [6.07, 6.45) is 9.69. The monoisotopic (exact) mass is 568 g/mol. The minimum Gasteiger partial charge on any atom is -0.493 e. The van der Waals surface area contributed by atoms with Crippen LogP contribution in [0.15, 0.2) is 54.6 Å². The van der Waals surface area contributed by atoms with Crippen LogP contribution in [0, 0.1) is 0 Å². The highest BCUT2D eigenvalue weighted by Gasteiger charge is 2.25. The zero-order valence-electron chi connectivity index (χ0n) is 25.0. The number of methoxy groups -OCH3 is 3. The quantitative estimate of drug-likeness (QED) is 0.142. The molecule has 0 aliphatic carbocycles. The van der Waals surface area contributed by atoms with Gasteiger partial charge < -0.3 is 27.8 Å². The first-order valence-corrected chi connectivity index (χ1v) is 15.5. The molecular formula is C33H45O6P. The molecule has 0 heterocycles. The topological polar surface area (TPSA) is 55.4 Å². The summed E-state index contributed by atoms with van der Waals surface area (Å²) in [5.74, 6) is 3.55. The lowest BCUT2D eigenvalue weighted by Gasteiger charge is -2.21. The van der Waals surface area contributed by atoms with E-state index >= 15 is 0 Å². The molecule has 0 atom stereocenters. The summed E-state index contributed by atoms with van der Waals surface area (Å²) in [7, 11) is 2.98. The number of hydrogen-bond donors (Lipinski definition) is 0. The van der Waals surface area contributed by atoms with Crippen LogP contribution in [0.2, 0.25) is 0 Å². The number of aryl methyl sites for hydroxylation is 3. The van der Waals surface area contributed by atoms with Crippen molar-refractivity contribution in [1.82, 2.24) is 0 Å². The Morgan fingerprint density at radius 1 is 0.450 bits per heavy atom. The molecule has 0 unspecified atom stereocenters. The molecule has 0 aliphatic heterocycles. The van der Waals surface area contributed by atoms with Gasteiger partial charge in [0, 0.05) is 0 Å². The van der Waals surface area contributed by atoms with E-state index < -0.39 is 8.60 Å². The second-order valence-electron chi connectivity index (χ2n) is 9.76. The summed E-state index contributed by atoms with van der Waals surface area (Å²) in [5.41, 5.74) is 3.60. The van der Waals surface area contributed by atoms with Gasteiger partial charge in [0.05, 0.1) is 21.3 Å². The molecule has 0 bridgehead atoms. The van der Waals surface area contributed by atoms with Crippen molar-refractivity contribution >= 4 is 8.60 Å². The van der Waals surface area contributed by atoms with E-state index in [2.05, 4.69) is 39.0 Å². The Bertz CT molecular complexity index is 1040. The first-order valence-electron chi connectivity index (χ1n) is 14.4. The average Bonchev–Trinajstić information content (AvgIpc) is 2.99. The van der Waals surface area contributed by atoms with Crippen molar-refractivity contribution in [2.75, 3.05) is 21.3 Å². The van der Waals surface area contributed by atoms with E-state index in [1.807, 2.05) is 36.4 Å². The summed E-state index contributed by atoms with van der Waals surface area (Å²) in [5, 5.41) is 0. The standard InChI is InChI=1S/C33H45O6P/c1-7-10-13-25-16-19-28(31(22-25)34-4)37-40(38-29-20-17-26(14-11-8-2)23-32(29)35-5)39-30-21-18-27(15-12-9-3)24-33(30)36-6/h16-24H,7-15H2,1-6H3. The predicted molar refractivity (Wildman–Crippen MR) is 164 cm³/mol. The van der Waals surface area contributed by atoms with Gasteiger partial charge in [-0.25, -0.2) is 0 Å². The van der Waals surface area contributed by atoms with Crippen molar-refractivity contribution in [3.8, 4) is 34.5 Å². The van der Waals surface area contributed by atoms with E-state index in [-0.39, 0.29) is 0 Å². The van der Waals surface area contributed by atoms with Crippen LogP contribution in [-0.2, 0) is 19.3 Å². The third-order valence-corrected chi connectivity index (χ3v) is 7.70. The lowest BCUT2D eigenvalue weighted by molar-refractivity contribution is 0.337. The first-order chi connectivity index (χ1) is 19.5. The summed E-state index contributed by atoms with van der Waals surface area (Å²) in [6.45, 7) is 6.56. The van der Waals surface area contributed by atoms with Gasteiger partial charge in [0.1, 0.15) is 0 Å². The molecule has 0 saturated heterocycles. The largest absolute Gasteiger partial charge is 0.530 e. The molecule has 3 aromatic carbocycles. The lowest BCUT2D eigenvalue weighted by Crippen LogP contribution is -2.05. The van der Waals surface area contributed by atoms with E-state index in [1.54, 1.807) is 21.3 Å². The molecule has 0 radical (unpaired) electrons. The molecule has 0 aromatic heterocycles. The highest BCUT2D eigenvalue weighted by atomic mass is 31.2. The lowest BCUT2D eigenvalue weighted by atomic mass is 10.1. The van der Waals surface area contributed by atoms with Crippen LogP contribution >= 0.6 is 8.60 Å².